The van der Waals surface area contributed by atoms with E-state index in [4.69, 9.17) is 11.6 Å². The summed E-state index contributed by atoms with van der Waals surface area (Å²) >= 11 is 5.57. The van der Waals surface area contributed by atoms with Crippen molar-refractivity contribution in [2.24, 2.45) is 0 Å². The van der Waals surface area contributed by atoms with Gasteiger partial charge >= 0.3 is 0 Å². The van der Waals surface area contributed by atoms with Gasteiger partial charge in [-0.3, -0.25) is 19.7 Å². The van der Waals surface area contributed by atoms with Crippen molar-refractivity contribution in [3.63, 3.8) is 0 Å². The van der Waals surface area contributed by atoms with E-state index in [1.54, 1.807) is 42.5 Å². The first-order valence-electron chi connectivity index (χ1n) is 5.87. The summed E-state index contributed by atoms with van der Waals surface area (Å²) in [5, 5.41) is 1.64. The maximum absolute atomic E-state index is 11.9. The number of carbonyl (C=O) groups excluding carboxylic acids is 3. The molecule has 0 atom stereocenters. The van der Waals surface area contributed by atoms with Crippen molar-refractivity contribution < 1.29 is 14.4 Å². The number of rotatable bonds is 2. The molecule has 98 valence electrons. The van der Waals surface area contributed by atoms with E-state index in [9.17, 15) is 14.4 Å². The van der Waals surface area contributed by atoms with Crippen molar-refractivity contribution in [3.8, 4) is 11.1 Å². The van der Waals surface area contributed by atoms with Crippen LogP contribution in [-0.2, 0) is 0 Å². The molecule has 2 aromatic carbocycles. The molecule has 1 heterocycles. The molecule has 0 bridgehead atoms. The molecule has 4 nitrogen and oxygen atoms in total. The van der Waals surface area contributed by atoms with Crippen LogP contribution in [0.2, 0.25) is 0 Å². The van der Waals surface area contributed by atoms with Gasteiger partial charge in [-0.1, -0.05) is 30.3 Å². The van der Waals surface area contributed by atoms with E-state index in [0.29, 0.717) is 22.3 Å². The average molecular weight is 286 g/mol. The Morgan fingerprint density at radius 2 is 1.50 bits per heavy atom. The minimum Gasteiger partial charge on any atom is -0.288 e. The maximum Gasteiger partial charge on any atom is 0.259 e. The summed E-state index contributed by atoms with van der Waals surface area (Å²) in [4.78, 5) is 35.0. The Morgan fingerprint density at radius 1 is 0.850 bits per heavy atom. The first-order chi connectivity index (χ1) is 9.59. The monoisotopic (exact) mass is 285 g/mol. The van der Waals surface area contributed by atoms with Crippen LogP contribution < -0.4 is 5.32 Å². The lowest BCUT2D eigenvalue weighted by Crippen LogP contribution is -2.20. The predicted molar refractivity (Wildman–Crippen MR) is 73.9 cm³/mol. The number of halogens is 1. The SMILES string of the molecule is O=C(Cl)c1ccccc1-c1cccc2c1C(=O)NC2=O. The lowest BCUT2D eigenvalue weighted by Gasteiger charge is -2.09. The van der Waals surface area contributed by atoms with Crippen LogP contribution >= 0.6 is 11.6 Å². The van der Waals surface area contributed by atoms with E-state index in [1.165, 1.54) is 0 Å². The van der Waals surface area contributed by atoms with Crippen LogP contribution in [0.1, 0.15) is 31.1 Å². The zero-order valence-electron chi connectivity index (χ0n) is 10.1. The van der Waals surface area contributed by atoms with E-state index < -0.39 is 17.1 Å². The quantitative estimate of drug-likeness (QED) is 0.681. The highest BCUT2D eigenvalue weighted by atomic mass is 35.5. The van der Waals surface area contributed by atoms with Crippen LogP contribution in [-0.4, -0.2) is 17.1 Å². The summed E-state index contributed by atoms with van der Waals surface area (Å²) in [5.74, 6) is -0.890. The Kier molecular flexibility index (Phi) is 2.88. The molecule has 0 radical (unpaired) electrons. The van der Waals surface area contributed by atoms with E-state index in [-0.39, 0.29) is 5.56 Å². The molecule has 20 heavy (non-hydrogen) atoms. The predicted octanol–water partition coefficient (Wildman–Crippen LogP) is 2.62. The Balaban J connectivity index is 2.31. The molecule has 0 aliphatic carbocycles. The van der Waals surface area contributed by atoms with Crippen LogP contribution in [0.25, 0.3) is 11.1 Å². The van der Waals surface area contributed by atoms with Crippen LogP contribution in [0.15, 0.2) is 42.5 Å². The van der Waals surface area contributed by atoms with E-state index in [0.717, 1.165) is 0 Å². The van der Waals surface area contributed by atoms with E-state index >= 15 is 0 Å². The highest BCUT2D eigenvalue weighted by molar-refractivity contribution is 6.68. The third-order valence-corrected chi connectivity index (χ3v) is 3.40. The second kappa shape index (κ2) is 4.58. The molecule has 1 aliphatic rings. The second-order valence-corrected chi connectivity index (χ2v) is 4.67. The second-order valence-electron chi connectivity index (χ2n) is 4.33. The summed E-state index contributed by atoms with van der Waals surface area (Å²) in [6.07, 6.45) is 0. The van der Waals surface area contributed by atoms with Crippen LogP contribution in [0.4, 0.5) is 0 Å². The number of carbonyl (C=O) groups is 3. The largest absolute Gasteiger partial charge is 0.288 e. The molecule has 1 N–H and O–H groups in total. The van der Waals surface area contributed by atoms with Gasteiger partial charge in [-0.2, -0.15) is 0 Å². The highest BCUT2D eigenvalue weighted by Crippen LogP contribution is 2.32. The minimum absolute atomic E-state index is 0.280. The number of imide groups is 1. The third kappa shape index (κ3) is 1.82. The van der Waals surface area contributed by atoms with Gasteiger partial charge in [-0.25, -0.2) is 0 Å². The van der Waals surface area contributed by atoms with Crippen molar-refractivity contribution in [2.45, 2.75) is 0 Å². The molecule has 0 saturated heterocycles. The topological polar surface area (TPSA) is 63.2 Å². The fourth-order valence-electron chi connectivity index (χ4n) is 2.33. The number of hydrogen-bond donors (Lipinski definition) is 1. The summed E-state index contributed by atoms with van der Waals surface area (Å²) in [6, 6.07) is 11.6. The molecule has 0 unspecified atom stereocenters. The highest BCUT2D eigenvalue weighted by Gasteiger charge is 2.30. The molecule has 2 amide bonds. The van der Waals surface area contributed by atoms with Crippen molar-refractivity contribution in [1.82, 2.24) is 5.32 Å². The number of nitrogens with one attached hydrogen (secondary N) is 1. The normalized spacial score (nSPS) is 13.1. The summed E-state index contributed by atoms with van der Waals surface area (Å²) in [5.41, 5.74) is 1.95. The first-order valence-corrected chi connectivity index (χ1v) is 6.25. The summed E-state index contributed by atoms with van der Waals surface area (Å²) in [6.45, 7) is 0. The molecular formula is C15H8ClNO3. The summed E-state index contributed by atoms with van der Waals surface area (Å²) < 4.78 is 0. The lowest BCUT2D eigenvalue weighted by molar-refractivity contribution is 0.0879. The zero-order chi connectivity index (χ0) is 14.3. The van der Waals surface area contributed by atoms with Crippen molar-refractivity contribution >= 4 is 28.7 Å². The van der Waals surface area contributed by atoms with Crippen molar-refractivity contribution in [3.05, 3.63) is 59.2 Å². The number of benzene rings is 2. The van der Waals surface area contributed by atoms with E-state index in [1.807, 2.05) is 0 Å². The molecular weight excluding hydrogens is 278 g/mol. The third-order valence-electron chi connectivity index (χ3n) is 3.19. The van der Waals surface area contributed by atoms with Gasteiger partial charge in [0.05, 0.1) is 11.1 Å². The summed E-state index contributed by atoms with van der Waals surface area (Å²) in [7, 11) is 0. The van der Waals surface area contributed by atoms with Crippen molar-refractivity contribution in [2.75, 3.05) is 0 Å². The molecule has 2 aromatic rings. The molecule has 0 aromatic heterocycles. The molecule has 0 spiro atoms. The van der Waals surface area contributed by atoms with Crippen molar-refractivity contribution in [1.29, 1.82) is 0 Å². The number of hydrogen-bond acceptors (Lipinski definition) is 3. The minimum atomic E-state index is -0.608. The maximum atomic E-state index is 11.9. The van der Waals surface area contributed by atoms with Gasteiger partial charge in [0.1, 0.15) is 0 Å². The van der Waals surface area contributed by atoms with Gasteiger partial charge < -0.3 is 0 Å². The van der Waals surface area contributed by atoms with Gasteiger partial charge in [-0.05, 0) is 34.9 Å². The Bertz CT molecular complexity index is 767. The number of fused-ring (bicyclic) bond motifs is 1. The van der Waals surface area contributed by atoms with Gasteiger partial charge in [-0.15, -0.1) is 0 Å². The van der Waals surface area contributed by atoms with Gasteiger partial charge in [0.25, 0.3) is 17.1 Å². The van der Waals surface area contributed by atoms with E-state index in [2.05, 4.69) is 5.32 Å². The van der Waals surface area contributed by atoms with Crippen LogP contribution in [0.5, 0.6) is 0 Å². The Morgan fingerprint density at radius 3 is 2.25 bits per heavy atom. The fraction of sp³-hybridized carbons (Fsp3) is 0. The average Bonchev–Trinajstić information content (AvgIpc) is 2.74. The molecule has 0 saturated carbocycles. The smallest absolute Gasteiger partial charge is 0.259 e. The zero-order valence-corrected chi connectivity index (χ0v) is 10.9. The molecule has 5 heteroatoms. The Labute approximate surface area is 119 Å². The Hall–Kier alpha value is -2.46. The fourth-order valence-corrected chi connectivity index (χ4v) is 2.50. The lowest BCUT2D eigenvalue weighted by atomic mass is 9.93. The molecule has 1 aliphatic heterocycles. The van der Waals surface area contributed by atoms with Gasteiger partial charge in [0.2, 0.25) is 0 Å². The molecule has 0 fully saturated rings. The molecule has 3 rings (SSSR count). The number of amides is 2. The van der Waals surface area contributed by atoms with Crippen LogP contribution in [0, 0.1) is 0 Å². The van der Waals surface area contributed by atoms with Gasteiger partial charge in [0, 0.05) is 5.56 Å². The van der Waals surface area contributed by atoms with Gasteiger partial charge in [0.15, 0.2) is 0 Å². The van der Waals surface area contributed by atoms with Crippen LogP contribution in [0.3, 0.4) is 0 Å². The first kappa shape index (κ1) is 12.6. The standard InChI is InChI=1S/C15H8ClNO3/c16-13(18)10-5-2-1-4-8(10)9-6-3-7-11-12(9)15(20)17-14(11)19/h1-7H,(H,17,19,20).